The second kappa shape index (κ2) is 7.20. The minimum Gasteiger partial charge on any atom is -0.310 e. The van der Waals surface area contributed by atoms with Crippen LogP contribution in [0.2, 0.25) is 0 Å². The van der Waals surface area contributed by atoms with Crippen LogP contribution in [0.25, 0.3) is 0 Å². The topological polar surface area (TPSA) is 42.7 Å². The van der Waals surface area contributed by atoms with E-state index >= 15 is 0 Å². The van der Waals surface area contributed by atoms with Crippen LogP contribution in [0.15, 0.2) is 30.6 Å². The van der Waals surface area contributed by atoms with Crippen LogP contribution in [-0.4, -0.2) is 21.3 Å². The van der Waals surface area contributed by atoms with Crippen molar-refractivity contribution in [3.63, 3.8) is 0 Å². The van der Waals surface area contributed by atoms with E-state index in [1.165, 1.54) is 11.1 Å². The average molecular weight is 272 g/mol. The minimum absolute atomic E-state index is 0.576. The zero-order valence-electron chi connectivity index (χ0n) is 12.6. The van der Waals surface area contributed by atoms with Crippen molar-refractivity contribution in [3.8, 4) is 0 Å². The molecule has 1 heterocycles. The summed E-state index contributed by atoms with van der Waals surface area (Å²) in [7, 11) is 0. The Morgan fingerprint density at radius 3 is 2.60 bits per heavy atom. The number of nitrogens with zero attached hydrogens (tertiary/aromatic N) is 3. The second-order valence-electron chi connectivity index (χ2n) is 5.43. The lowest BCUT2D eigenvalue weighted by molar-refractivity contribution is 0.625. The summed E-state index contributed by atoms with van der Waals surface area (Å²) in [5, 5.41) is 7.79. The highest BCUT2D eigenvalue weighted by molar-refractivity contribution is 5.24. The van der Waals surface area contributed by atoms with E-state index in [0.29, 0.717) is 5.92 Å². The first-order valence-corrected chi connectivity index (χ1v) is 7.37. The number of hydrogen-bond acceptors (Lipinski definition) is 3. The average Bonchev–Trinajstić information content (AvgIpc) is 2.87. The SMILES string of the molecule is CCCNCc1ncn(Cc2ccc(C(C)C)cc2)n1. The summed E-state index contributed by atoms with van der Waals surface area (Å²) in [4.78, 5) is 4.32. The van der Waals surface area contributed by atoms with Crippen LogP contribution in [0, 0.1) is 0 Å². The number of aromatic nitrogens is 3. The summed E-state index contributed by atoms with van der Waals surface area (Å²) in [5.41, 5.74) is 2.63. The second-order valence-corrected chi connectivity index (χ2v) is 5.43. The molecule has 1 aromatic carbocycles. The Hall–Kier alpha value is -1.68. The fraction of sp³-hybridized carbons (Fsp3) is 0.500. The lowest BCUT2D eigenvalue weighted by atomic mass is 10.0. The van der Waals surface area contributed by atoms with Crippen LogP contribution in [-0.2, 0) is 13.1 Å². The predicted octanol–water partition coefficient (Wildman–Crippen LogP) is 2.95. The fourth-order valence-electron chi connectivity index (χ4n) is 2.06. The molecule has 0 fully saturated rings. The molecule has 0 saturated heterocycles. The van der Waals surface area contributed by atoms with E-state index in [0.717, 1.165) is 31.9 Å². The van der Waals surface area contributed by atoms with Gasteiger partial charge in [-0.1, -0.05) is 45.0 Å². The molecular formula is C16H24N4. The van der Waals surface area contributed by atoms with Crippen LogP contribution >= 0.6 is 0 Å². The highest BCUT2D eigenvalue weighted by atomic mass is 15.3. The van der Waals surface area contributed by atoms with Crippen molar-refractivity contribution in [2.24, 2.45) is 0 Å². The molecule has 2 aromatic rings. The molecule has 0 amide bonds. The van der Waals surface area contributed by atoms with Gasteiger partial charge in [0.1, 0.15) is 6.33 Å². The molecule has 0 atom stereocenters. The van der Waals surface area contributed by atoms with Gasteiger partial charge in [-0.25, -0.2) is 9.67 Å². The summed E-state index contributed by atoms with van der Waals surface area (Å²) in [6.07, 6.45) is 2.93. The van der Waals surface area contributed by atoms with Gasteiger partial charge in [0.25, 0.3) is 0 Å². The van der Waals surface area contributed by atoms with Crippen LogP contribution in [0.1, 0.15) is 50.1 Å². The van der Waals surface area contributed by atoms with Crippen LogP contribution in [0.3, 0.4) is 0 Å². The van der Waals surface area contributed by atoms with Crippen LogP contribution < -0.4 is 5.32 Å². The smallest absolute Gasteiger partial charge is 0.164 e. The molecule has 4 heteroatoms. The highest BCUT2D eigenvalue weighted by Gasteiger charge is 2.02. The van der Waals surface area contributed by atoms with Gasteiger partial charge in [-0.05, 0) is 30.0 Å². The zero-order chi connectivity index (χ0) is 14.4. The zero-order valence-corrected chi connectivity index (χ0v) is 12.6. The van der Waals surface area contributed by atoms with E-state index in [1.54, 1.807) is 6.33 Å². The normalized spacial score (nSPS) is 11.2. The van der Waals surface area contributed by atoms with Crippen molar-refractivity contribution in [1.82, 2.24) is 20.1 Å². The van der Waals surface area contributed by atoms with Gasteiger partial charge in [-0.2, -0.15) is 5.10 Å². The lowest BCUT2D eigenvalue weighted by Crippen LogP contribution is -2.15. The van der Waals surface area contributed by atoms with Gasteiger partial charge >= 0.3 is 0 Å². The van der Waals surface area contributed by atoms with Crippen molar-refractivity contribution < 1.29 is 0 Å². The maximum absolute atomic E-state index is 4.48. The number of nitrogens with one attached hydrogen (secondary N) is 1. The molecule has 0 aliphatic rings. The number of benzene rings is 1. The van der Waals surface area contributed by atoms with Crippen molar-refractivity contribution in [2.75, 3.05) is 6.54 Å². The molecule has 108 valence electrons. The van der Waals surface area contributed by atoms with Gasteiger partial charge < -0.3 is 5.32 Å². The summed E-state index contributed by atoms with van der Waals surface area (Å²) in [6.45, 7) is 9.10. The van der Waals surface area contributed by atoms with E-state index in [4.69, 9.17) is 0 Å². The first-order valence-electron chi connectivity index (χ1n) is 7.37. The molecule has 20 heavy (non-hydrogen) atoms. The molecule has 0 saturated carbocycles. The number of hydrogen-bond donors (Lipinski definition) is 1. The van der Waals surface area contributed by atoms with Crippen molar-refractivity contribution >= 4 is 0 Å². The quantitative estimate of drug-likeness (QED) is 0.788. The molecule has 0 unspecified atom stereocenters. The maximum Gasteiger partial charge on any atom is 0.164 e. The predicted molar refractivity (Wildman–Crippen MR) is 81.7 cm³/mol. The van der Waals surface area contributed by atoms with Crippen LogP contribution in [0.4, 0.5) is 0 Å². The monoisotopic (exact) mass is 272 g/mol. The molecule has 0 spiro atoms. The molecule has 0 bridgehead atoms. The third kappa shape index (κ3) is 4.17. The maximum atomic E-state index is 4.48. The van der Waals surface area contributed by atoms with Gasteiger partial charge in [-0.15, -0.1) is 0 Å². The van der Waals surface area contributed by atoms with Crippen LogP contribution in [0.5, 0.6) is 0 Å². The molecule has 1 N–H and O–H groups in total. The summed E-state index contributed by atoms with van der Waals surface area (Å²) >= 11 is 0. The third-order valence-corrected chi connectivity index (χ3v) is 3.28. The molecule has 1 aromatic heterocycles. The molecule has 0 radical (unpaired) electrons. The Balaban J connectivity index is 1.92. The Bertz CT molecular complexity index is 514. The molecular weight excluding hydrogens is 248 g/mol. The lowest BCUT2D eigenvalue weighted by Gasteiger charge is -2.06. The largest absolute Gasteiger partial charge is 0.310 e. The molecule has 0 aliphatic carbocycles. The Morgan fingerprint density at radius 1 is 1.20 bits per heavy atom. The Labute approximate surface area is 121 Å². The molecule has 2 rings (SSSR count). The summed E-state index contributed by atoms with van der Waals surface area (Å²) in [5.74, 6) is 1.43. The Morgan fingerprint density at radius 2 is 1.95 bits per heavy atom. The van der Waals surface area contributed by atoms with Gasteiger partial charge in [0.2, 0.25) is 0 Å². The summed E-state index contributed by atoms with van der Waals surface area (Å²) in [6, 6.07) is 8.74. The fourth-order valence-corrected chi connectivity index (χ4v) is 2.06. The Kier molecular flexibility index (Phi) is 5.30. The third-order valence-electron chi connectivity index (χ3n) is 3.28. The van der Waals surface area contributed by atoms with Gasteiger partial charge in [0.05, 0.1) is 13.1 Å². The van der Waals surface area contributed by atoms with Gasteiger partial charge in [0, 0.05) is 0 Å². The van der Waals surface area contributed by atoms with Crippen molar-refractivity contribution in [3.05, 3.63) is 47.5 Å². The van der Waals surface area contributed by atoms with E-state index in [2.05, 4.69) is 60.4 Å². The van der Waals surface area contributed by atoms with E-state index in [-0.39, 0.29) is 0 Å². The minimum atomic E-state index is 0.576. The van der Waals surface area contributed by atoms with Crippen molar-refractivity contribution in [1.29, 1.82) is 0 Å². The van der Waals surface area contributed by atoms with Crippen molar-refractivity contribution in [2.45, 2.75) is 46.2 Å². The first kappa shape index (κ1) is 14.7. The van der Waals surface area contributed by atoms with Gasteiger partial charge in [0.15, 0.2) is 5.82 Å². The van der Waals surface area contributed by atoms with Gasteiger partial charge in [-0.3, -0.25) is 0 Å². The van der Waals surface area contributed by atoms with E-state index in [9.17, 15) is 0 Å². The molecule has 4 nitrogen and oxygen atoms in total. The summed E-state index contributed by atoms with van der Waals surface area (Å²) < 4.78 is 1.90. The molecule has 0 aliphatic heterocycles. The standard InChI is InChI=1S/C16H24N4/c1-4-9-17-10-16-18-12-20(19-16)11-14-5-7-15(8-6-14)13(2)3/h5-8,12-13,17H,4,9-11H2,1-3H3. The number of rotatable bonds is 7. The first-order chi connectivity index (χ1) is 9.69. The highest BCUT2D eigenvalue weighted by Crippen LogP contribution is 2.15. The van der Waals surface area contributed by atoms with E-state index in [1.807, 2.05) is 4.68 Å². The van der Waals surface area contributed by atoms with E-state index < -0.39 is 0 Å².